The van der Waals surface area contributed by atoms with Crippen LogP contribution in [0.25, 0.3) is 10.8 Å². The molecule has 0 N–H and O–H groups in total. The van der Waals surface area contributed by atoms with Crippen LogP contribution in [0, 0.1) is 12.8 Å². The zero-order valence-electron chi connectivity index (χ0n) is 15.6. The molecule has 0 aromatic heterocycles. The molecule has 0 amide bonds. The van der Waals surface area contributed by atoms with Gasteiger partial charge in [0.1, 0.15) is 0 Å². The van der Waals surface area contributed by atoms with Gasteiger partial charge in [-0.05, 0) is 29.2 Å². The summed E-state index contributed by atoms with van der Waals surface area (Å²) in [7, 11) is 1.00. The average molecular weight is 331 g/mol. The molecule has 2 nitrogen and oxygen atoms in total. The van der Waals surface area contributed by atoms with Crippen LogP contribution in [0.5, 0.6) is 0 Å². The second-order valence-electron chi connectivity index (χ2n) is 7.03. The number of benzene rings is 2. The molecule has 0 fully saturated rings. The van der Waals surface area contributed by atoms with Gasteiger partial charge in [0.2, 0.25) is 0 Å². The molecular weight excluding hydrogens is 300 g/mol. The van der Waals surface area contributed by atoms with Crippen molar-refractivity contribution in [2.24, 2.45) is 5.92 Å². The van der Waals surface area contributed by atoms with E-state index in [2.05, 4.69) is 71.0 Å². The minimum atomic E-state index is -2.64. The molecule has 23 heavy (non-hydrogen) atoms. The van der Waals surface area contributed by atoms with Crippen molar-refractivity contribution in [1.82, 2.24) is 0 Å². The lowest BCUT2D eigenvalue weighted by Crippen LogP contribution is -2.62. The molecule has 1 unspecified atom stereocenters. The molecule has 126 valence electrons. The summed E-state index contributed by atoms with van der Waals surface area (Å²) in [6, 6.07) is 12.9. The highest BCUT2D eigenvalue weighted by atomic mass is 28.4. The molecule has 0 spiro atoms. The normalized spacial score (nSPS) is 14.2. The van der Waals surface area contributed by atoms with Gasteiger partial charge < -0.3 is 8.85 Å². The van der Waals surface area contributed by atoms with E-state index >= 15 is 0 Å². The number of rotatable bonds is 6. The Morgan fingerprint density at radius 2 is 1.65 bits per heavy atom. The molecular formula is C20H30O2Si. The van der Waals surface area contributed by atoms with E-state index in [0.717, 1.165) is 6.42 Å². The summed E-state index contributed by atoms with van der Waals surface area (Å²) in [5.41, 5.74) is 1.26. The first kappa shape index (κ1) is 18.2. The van der Waals surface area contributed by atoms with Crippen LogP contribution in [0.4, 0.5) is 0 Å². The maximum absolute atomic E-state index is 6.27. The Morgan fingerprint density at radius 3 is 2.22 bits per heavy atom. The van der Waals surface area contributed by atoms with Crippen molar-refractivity contribution in [3.8, 4) is 0 Å². The maximum Gasteiger partial charge on any atom is 0.379 e. The Morgan fingerprint density at radius 1 is 1.04 bits per heavy atom. The Hall–Kier alpha value is -1.16. The number of hydrogen-bond acceptors (Lipinski definition) is 2. The molecule has 1 atom stereocenters. The molecule has 0 saturated heterocycles. The van der Waals surface area contributed by atoms with Crippen molar-refractivity contribution in [1.29, 1.82) is 0 Å². The van der Waals surface area contributed by atoms with Crippen LogP contribution in [0.1, 0.15) is 39.7 Å². The fraction of sp³-hybridized carbons (Fsp3) is 0.500. The van der Waals surface area contributed by atoms with Gasteiger partial charge >= 0.3 is 8.56 Å². The van der Waals surface area contributed by atoms with Gasteiger partial charge in [-0.2, -0.15) is 0 Å². The molecule has 0 aliphatic rings. The van der Waals surface area contributed by atoms with E-state index in [1.807, 2.05) is 14.2 Å². The van der Waals surface area contributed by atoms with E-state index in [-0.39, 0.29) is 5.04 Å². The summed E-state index contributed by atoms with van der Waals surface area (Å²) in [5.74, 6) is 0.507. The lowest BCUT2D eigenvalue weighted by Gasteiger charge is -2.46. The maximum atomic E-state index is 6.27. The Balaban J connectivity index is 2.84. The molecule has 2 aromatic rings. The van der Waals surface area contributed by atoms with E-state index in [4.69, 9.17) is 8.85 Å². The Kier molecular flexibility index (Phi) is 5.34. The van der Waals surface area contributed by atoms with Crippen molar-refractivity contribution in [3.05, 3.63) is 42.0 Å². The highest BCUT2D eigenvalue weighted by Gasteiger charge is 2.56. The van der Waals surface area contributed by atoms with Crippen molar-refractivity contribution in [2.45, 2.75) is 46.1 Å². The van der Waals surface area contributed by atoms with Gasteiger partial charge in [0.05, 0.1) is 0 Å². The van der Waals surface area contributed by atoms with E-state index in [9.17, 15) is 0 Å². The minimum Gasteiger partial charge on any atom is -0.394 e. The average Bonchev–Trinajstić information content (AvgIpc) is 2.56. The van der Waals surface area contributed by atoms with Gasteiger partial charge in [-0.15, -0.1) is 0 Å². The van der Waals surface area contributed by atoms with Gasteiger partial charge in [0.25, 0.3) is 0 Å². The first-order valence-corrected chi connectivity index (χ1v) is 10.3. The third-order valence-electron chi connectivity index (χ3n) is 5.73. The quantitative estimate of drug-likeness (QED) is 0.700. The lowest BCUT2D eigenvalue weighted by atomic mass is 9.94. The largest absolute Gasteiger partial charge is 0.394 e. The van der Waals surface area contributed by atoms with Crippen LogP contribution in [0.15, 0.2) is 36.4 Å². The minimum absolute atomic E-state index is 0.0415. The highest BCUT2D eigenvalue weighted by Crippen LogP contribution is 2.47. The van der Waals surface area contributed by atoms with Crippen LogP contribution in [0.2, 0.25) is 5.04 Å². The fourth-order valence-electron chi connectivity index (χ4n) is 3.79. The SMILES string of the molecule is CCC(C)C(C)(C)[Si](OC)(OC)c1c(C)ccc2ccccc12. The third kappa shape index (κ3) is 2.75. The van der Waals surface area contributed by atoms with Gasteiger partial charge in [-0.25, -0.2) is 0 Å². The first-order chi connectivity index (χ1) is 10.9. The molecule has 2 aromatic carbocycles. The van der Waals surface area contributed by atoms with E-state index in [1.165, 1.54) is 21.5 Å². The fourth-order valence-corrected chi connectivity index (χ4v) is 8.10. The van der Waals surface area contributed by atoms with Crippen LogP contribution >= 0.6 is 0 Å². The summed E-state index contributed by atoms with van der Waals surface area (Å²) in [5, 5.41) is 3.75. The van der Waals surface area contributed by atoms with Crippen LogP contribution in [0.3, 0.4) is 0 Å². The number of fused-ring (bicyclic) bond motifs is 1. The van der Waals surface area contributed by atoms with Gasteiger partial charge in [0, 0.05) is 24.4 Å². The van der Waals surface area contributed by atoms with Crippen LogP contribution in [-0.2, 0) is 8.85 Å². The molecule has 2 rings (SSSR count). The van der Waals surface area contributed by atoms with Crippen molar-refractivity contribution >= 4 is 24.5 Å². The predicted octanol–water partition coefficient (Wildman–Crippen LogP) is 4.92. The summed E-state index contributed by atoms with van der Waals surface area (Å²) in [6.07, 6.45) is 1.11. The second kappa shape index (κ2) is 6.76. The zero-order valence-corrected chi connectivity index (χ0v) is 16.6. The third-order valence-corrected chi connectivity index (χ3v) is 10.4. The standard InChI is InChI=1S/C20H30O2Si/c1-8-16(3)20(4,5)23(21-6,22-7)19-15(2)13-14-17-11-9-10-12-18(17)19/h9-14,16H,8H2,1-7H3. The molecule has 0 heterocycles. The molecule has 0 aliphatic heterocycles. The Bertz CT molecular complexity index is 674. The van der Waals surface area contributed by atoms with Gasteiger partial charge in [-0.1, -0.05) is 70.5 Å². The number of aryl methyl sites for hydroxylation is 1. The van der Waals surface area contributed by atoms with Crippen molar-refractivity contribution in [2.75, 3.05) is 14.2 Å². The molecule has 0 saturated carbocycles. The highest BCUT2D eigenvalue weighted by molar-refractivity contribution is 6.86. The van der Waals surface area contributed by atoms with Crippen LogP contribution in [-0.4, -0.2) is 22.8 Å². The van der Waals surface area contributed by atoms with E-state index < -0.39 is 8.56 Å². The summed E-state index contributed by atoms with van der Waals surface area (Å²) in [6.45, 7) is 11.3. The molecule has 3 heteroatoms. The van der Waals surface area contributed by atoms with Crippen LogP contribution < -0.4 is 5.19 Å². The lowest BCUT2D eigenvalue weighted by molar-refractivity contribution is 0.201. The number of hydrogen-bond donors (Lipinski definition) is 0. The van der Waals surface area contributed by atoms with E-state index in [0.29, 0.717) is 5.92 Å². The Labute approximate surface area is 142 Å². The topological polar surface area (TPSA) is 18.5 Å². The summed E-state index contributed by atoms with van der Waals surface area (Å²) < 4.78 is 12.5. The van der Waals surface area contributed by atoms with E-state index in [1.54, 1.807) is 0 Å². The van der Waals surface area contributed by atoms with Crippen molar-refractivity contribution < 1.29 is 8.85 Å². The molecule has 0 bridgehead atoms. The van der Waals surface area contributed by atoms with Gasteiger partial charge in [0.15, 0.2) is 0 Å². The smallest absolute Gasteiger partial charge is 0.379 e. The zero-order chi connectivity index (χ0) is 17.3. The summed E-state index contributed by atoms with van der Waals surface area (Å²) >= 11 is 0. The van der Waals surface area contributed by atoms with Crippen molar-refractivity contribution in [3.63, 3.8) is 0 Å². The molecule has 0 aliphatic carbocycles. The molecule has 0 radical (unpaired) electrons. The first-order valence-electron chi connectivity index (χ1n) is 8.44. The summed E-state index contributed by atoms with van der Waals surface area (Å²) in [4.78, 5) is 0. The van der Waals surface area contributed by atoms with Gasteiger partial charge in [-0.3, -0.25) is 0 Å². The predicted molar refractivity (Wildman–Crippen MR) is 102 cm³/mol. The second-order valence-corrected chi connectivity index (χ2v) is 10.9. The monoisotopic (exact) mass is 330 g/mol.